The van der Waals surface area contributed by atoms with Gasteiger partial charge in [-0.3, -0.25) is 4.90 Å². The van der Waals surface area contributed by atoms with E-state index in [1.165, 1.54) is 16.8 Å². The summed E-state index contributed by atoms with van der Waals surface area (Å²) in [5, 5.41) is 0. The minimum Gasteiger partial charge on any atom is -0.497 e. The Morgan fingerprint density at radius 1 is 1.22 bits per heavy atom. The molecule has 2 aromatic rings. The van der Waals surface area contributed by atoms with Crippen molar-refractivity contribution in [1.82, 2.24) is 14.9 Å². The third-order valence-electron chi connectivity index (χ3n) is 5.73. The average Bonchev–Trinajstić information content (AvgIpc) is 3.06. The normalized spacial score (nSPS) is 22.1. The summed E-state index contributed by atoms with van der Waals surface area (Å²) in [5.74, 6) is 1.69. The number of aromatic nitrogens is 2. The molecule has 0 saturated carbocycles. The van der Waals surface area contributed by atoms with Gasteiger partial charge in [0, 0.05) is 38.4 Å². The highest BCUT2D eigenvalue weighted by molar-refractivity contribution is 5.41. The third kappa shape index (κ3) is 3.39. The summed E-state index contributed by atoms with van der Waals surface area (Å²) in [7, 11) is 5.70. The summed E-state index contributed by atoms with van der Waals surface area (Å²) in [6.07, 6.45) is 1.07. The molecule has 3 heterocycles. The lowest BCUT2D eigenvalue weighted by Gasteiger charge is -2.35. The Morgan fingerprint density at radius 3 is 2.70 bits per heavy atom. The summed E-state index contributed by atoms with van der Waals surface area (Å²) in [4.78, 5) is 14.1. The maximum atomic E-state index is 6.01. The van der Waals surface area contributed by atoms with E-state index in [1.807, 2.05) is 31.1 Å². The molecule has 6 nitrogen and oxygen atoms in total. The standard InChI is InChI=1S/C21H28N4O2/c1-15-18-12-27-14-21(19(18)23-20(22-15)24(2)3)9-10-25(13-21)11-16-5-7-17(26-4)8-6-16/h5-8H,9-14H2,1-4H3/t21-/m0/s1. The van der Waals surface area contributed by atoms with Crippen molar-refractivity contribution in [3.05, 3.63) is 46.8 Å². The molecule has 1 atom stereocenters. The van der Waals surface area contributed by atoms with Crippen molar-refractivity contribution in [2.24, 2.45) is 0 Å². The molecule has 27 heavy (non-hydrogen) atoms. The van der Waals surface area contributed by atoms with Gasteiger partial charge in [0.05, 0.1) is 31.4 Å². The van der Waals surface area contributed by atoms with Crippen LogP contribution in [0.25, 0.3) is 0 Å². The number of methoxy groups -OCH3 is 1. The second-order valence-corrected chi connectivity index (χ2v) is 7.91. The van der Waals surface area contributed by atoms with Crippen LogP contribution in [-0.4, -0.2) is 55.8 Å². The molecule has 1 fully saturated rings. The Bertz CT molecular complexity index is 822. The number of ether oxygens (including phenoxy) is 2. The molecule has 2 aliphatic heterocycles. The van der Waals surface area contributed by atoms with E-state index in [4.69, 9.17) is 14.5 Å². The lowest BCUT2D eigenvalue weighted by molar-refractivity contribution is 0.0498. The minimum atomic E-state index is -0.0293. The number of benzene rings is 1. The van der Waals surface area contributed by atoms with E-state index in [2.05, 4.69) is 28.9 Å². The zero-order chi connectivity index (χ0) is 19.0. The molecule has 0 bridgehead atoms. The fraction of sp³-hybridized carbons (Fsp3) is 0.524. The second kappa shape index (κ2) is 7.09. The van der Waals surface area contributed by atoms with E-state index in [1.54, 1.807) is 7.11 Å². The van der Waals surface area contributed by atoms with Gasteiger partial charge in [-0.1, -0.05) is 12.1 Å². The molecular weight excluding hydrogens is 340 g/mol. The SMILES string of the molecule is COc1ccc(CN2CC[C@@]3(COCc4c(C)nc(N(C)C)nc43)C2)cc1. The van der Waals surface area contributed by atoms with Crippen LogP contribution in [0.4, 0.5) is 5.95 Å². The van der Waals surface area contributed by atoms with Gasteiger partial charge in [0.15, 0.2) is 0 Å². The van der Waals surface area contributed by atoms with Gasteiger partial charge >= 0.3 is 0 Å². The van der Waals surface area contributed by atoms with E-state index in [0.29, 0.717) is 6.61 Å². The monoisotopic (exact) mass is 368 g/mol. The summed E-state index contributed by atoms with van der Waals surface area (Å²) < 4.78 is 11.3. The molecule has 4 rings (SSSR count). The predicted octanol–water partition coefficient (Wildman–Crippen LogP) is 2.53. The largest absolute Gasteiger partial charge is 0.497 e. The molecule has 1 aromatic heterocycles. The Kier molecular flexibility index (Phi) is 4.78. The van der Waals surface area contributed by atoms with Crippen LogP contribution in [0.5, 0.6) is 5.75 Å². The quantitative estimate of drug-likeness (QED) is 0.827. The molecule has 2 aliphatic rings. The molecule has 0 unspecified atom stereocenters. The van der Waals surface area contributed by atoms with Crippen molar-refractivity contribution in [3.8, 4) is 5.75 Å². The second-order valence-electron chi connectivity index (χ2n) is 7.91. The van der Waals surface area contributed by atoms with Crippen molar-refractivity contribution >= 4 is 5.95 Å². The Morgan fingerprint density at radius 2 is 2.00 bits per heavy atom. The van der Waals surface area contributed by atoms with Gasteiger partial charge in [0.1, 0.15) is 5.75 Å². The smallest absolute Gasteiger partial charge is 0.225 e. The van der Waals surface area contributed by atoms with Crippen molar-refractivity contribution in [3.63, 3.8) is 0 Å². The fourth-order valence-electron chi connectivity index (χ4n) is 4.20. The molecule has 1 aromatic carbocycles. The number of hydrogen-bond donors (Lipinski definition) is 0. The number of rotatable bonds is 4. The Balaban J connectivity index is 1.58. The maximum Gasteiger partial charge on any atom is 0.225 e. The molecule has 144 valence electrons. The summed E-state index contributed by atoms with van der Waals surface area (Å²) >= 11 is 0. The van der Waals surface area contributed by atoms with Crippen molar-refractivity contribution in [2.45, 2.75) is 31.9 Å². The van der Waals surface area contributed by atoms with E-state index in [0.717, 1.165) is 50.1 Å². The number of nitrogens with zero attached hydrogens (tertiary/aromatic N) is 4. The number of likely N-dealkylation sites (tertiary alicyclic amines) is 1. The van der Waals surface area contributed by atoms with Gasteiger partial charge < -0.3 is 14.4 Å². The first-order valence-electron chi connectivity index (χ1n) is 9.49. The van der Waals surface area contributed by atoms with Gasteiger partial charge in [0.25, 0.3) is 0 Å². The molecule has 0 aliphatic carbocycles. The van der Waals surface area contributed by atoms with Crippen molar-refractivity contribution in [2.75, 3.05) is 45.8 Å². The van der Waals surface area contributed by atoms with Crippen LogP contribution >= 0.6 is 0 Å². The number of aryl methyl sites for hydroxylation is 1. The molecule has 0 radical (unpaired) electrons. The van der Waals surface area contributed by atoms with Crippen LogP contribution in [0.2, 0.25) is 0 Å². The Labute approximate surface area is 161 Å². The summed E-state index contributed by atoms with van der Waals surface area (Å²) in [6.45, 7) is 6.38. The minimum absolute atomic E-state index is 0.0293. The predicted molar refractivity (Wildman–Crippen MR) is 105 cm³/mol. The molecule has 1 spiro atoms. The number of hydrogen-bond acceptors (Lipinski definition) is 6. The average molecular weight is 368 g/mol. The highest BCUT2D eigenvalue weighted by atomic mass is 16.5. The topological polar surface area (TPSA) is 50.7 Å². The first kappa shape index (κ1) is 18.2. The van der Waals surface area contributed by atoms with Crippen LogP contribution < -0.4 is 9.64 Å². The van der Waals surface area contributed by atoms with Crippen LogP contribution in [0.15, 0.2) is 24.3 Å². The van der Waals surface area contributed by atoms with E-state index >= 15 is 0 Å². The van der Waals surface area contributed by atoms with Crippen LogP contribution in [0.1, 0.15) is 28.9 Å². The lowest BCUT2D eigenvalue weighted by Crippen LogP contribution is -2.41. The lowest BCUT2D eigenvalue weighted by atomic mass is 9.80. The number of anilines is 1. The number of fused-ring (bicyclic) bond motifs is 2. The molecule has 6 heteroatoms. The van der Waals surface area contributed by atoms with Crippen LogP contribution in [0.3, 0.4) is 0 Å². The highest BCUT2D eigenvalue weighted by Crippen LogP contribution is 2.40. The van der Waals surface area contributed by atoms with Gasteiger partial charge in [-0.15, -0.1) is 0 Å². The van der Waals surface area contributed by atoms with Crippen LogP contribution in [-0.2, 0) is 23.3 Å². The molecule has 0 amide bonds. The Hall–Kier alpha value is -2.18. The van der Waals surface area contributed by atoms with E-state index in [9.17, 15) is 0 Å². The molecular formula is C21H28N4O2. The zero-order valence-corrected chi connectivity index (χ0v) is 16.7. The summed E-state index contributed by atoms with van der Waals surface area (Å²) in [5.41, 5.74) is 4.69. The maximum absolute atomic E-state index is 6.01. The third-order valence-corrected chi connectivity index (χ3v) is 5.73. The molecule has 1 saturated heterocycles. The van der Waals surface area contributed by atoms with E-state index < -0.39 is 0 Å². The zero-order valence-electron chi connectivity index (χ0n) is 16.7. The molecule has 0 N–H and O–H groups in total. The van der Waals surface area contributed by atoms with Crippen molar-refractivity contribution < 1.29 is 9.47 Å². The fourth-order valence-corrected chi connectivity index (χ4v) is 4.20. The highest BCUT2D eigenvalue weighted by Gasteiger charge is 2.45. The first-order valence-corrected chi connectivity index (χ1v) is 9.49. The van der Waals surface area contributed by atoms with Gasteiger partial charge in [-0.05, 0) is 37.6 Å². The van der Waals surface area contributed by atoms with Crippen molar-refractivity contribution in [1.29, 1.82) is 0 Å². The van der Waals surface area contributed by atoms with Gasteiger partial charge in [-0.25, -0.2) is 9.97 Å². The van der Waals surface area contributed by atoms with Gasteiger partial charge in [-0.2, -0.15) is 0 Å². The van der Waals surface area contributed by atoms with Gasteiger partial charge in [0.2, 0.25) is 5.95 Å². The first-order chi connectivity index (χ1) is 13.0. The van der Waals surface area contributed by atoms with E-state index in [-0.39, 0.29) is 5.41 Å². The summed E-state index contributed by atoms with van der Waals surface area (Å²) in [6, 6.07) is 8.34. The van der Waals surface area contributed by atoms with Crippen LogP contribution in [0, 0.1) is 6.92 Å².